The van der Waals surface area contributed by atoms with Gasteiger partial charge in [0.25, 0.3) is 0 Å². The van der Waals surface area contributed by atoms with E-state index in [0.717, 1.165) is 0 Å². The molecule has 0 unspecified atom stereocenters. The van der Waals surface area contributed by atoms with Gasteiger partial charge in [-0.2, -0.15) is 4.39 Å². The van der Waals surface area contributed by atoms with Gasteiger partial charge in [-0.25, -0.2) is 9.59 Å². The first kappa shape index (κ1) is 9.21. The van der Waals surface area contributed by atoms with Crippen molar-refractivity contribution >= 4 is 12.3 Å². The van der Waals surface area contributed by atoms with E-state index in [0.29, 0.717) is 0 Å². The molecule has 6 nitrogen and oxygen atoms in total. The summed E-state index contributed by atoms with van der Waals surface area (Å²) in [4.78, 5) is 19.1. The average Bonchev–Trinajstić information content (AvgIpc) is 1.82. The largest absolute Gasteiger partial charge is 0.513 e. The van der Waals surface area contributed by atoms with Gasteiger partial charge in [-0.05, 0) is 0 Å². The molecule has 0 aliphatic rings. The molecule has 0 atom stereocenters. The van der Waals surface area contributed by atoms with Gasteiger partial charge in [-0.1, -0.05) is 0 Å². The lowest BCUT2D eigenvalue weighted by molar-refractivity contribution is 0.0855. The molecule has 0 aliphatic carbocycles. The van der Waals surface area contributed by atoms with Crippen molar-refractivity contribution in [2.45, 2.75) is 0 Å². The Hall–Kier alpha value is -1.79. The normalized spacial score (nSPS) is 10.5. The Kier molecular flexibility index (Phi) is 3.43. The molecule has 0 aromatic heterocycles. The van der Waals surface area contributed by atoms with Crippen LogP contribution in [-0.2, 0) is 9.47 Å². The van der Waals surface area contributed by atoms with Crippen molar-refractivity contribution in [2.75, 3.05) is 0 Å². The molecule has 0 aliphatic heterocycles. The molecule has 0 saturated heterocycles. The number of halogens is 1. The van der Waals surface area contributed by atoms with Gasteiger partial charge in [0.2, 0.25) is 0 Å². The van der Waals surface area contributed by atoms with E-state index >= 15 is 0 Å². The molecule has 0 aromatic rings. The van der Waals surface area contributed by atoms with Gasteiger partial charge in [-0.15, -0.1) is 0 Å². The van der Waals surface area contributed by atoms with E-state index in [1.54, 1.807) is 0 Å². The Labute approximate surface area is 59.4 Å². The van der Waals surface area contributed by atoms with Crippen LogP contribution in [0.15, 0.2) is 12.3 Å². The van der Waals surface area contributed by atoms with Crippen molar-refractivity contribution in [3.63, 3.8) is 0 Å². The highest BCUT2D eigenvalue weighted by Crippen LogP contribution is 1.99. The molecular formula is C4H3FO6. The quantitative estimate of drug-likeness (QED) is 0.472. The summed E-state index contributed by atoms with van der Waals surface area (Å²) in [5.41, 5.74) is 0. The smallest absolute Gasteiger partial charge is 0.449 e. The van der Waals surface area contributed by atoms with Gasteiger partial charge in [-0.3, -0.25) is 0 Å². The van der Waals surface area contributed by atoms with E-state index < -0.39 is 18.3 Å². The molecule has 2 N–H and O–H groups in total. The van der Waals surface area contributed by atoms with Crippen LogP contribution < -0.4 is 0 Å². The summed E-state index contributed by atoms with van der Waals surface area (Å²) in [5.74, 6) is 0. The molecule has 0 aromatic carbocycles. The Morgan fingerprint density at radius 3 is 2.18 bits per heavy atom. The van der Waals surface area contributed by atoms with Crippen LogP contribution in [0.1, 0.15) is 0 Å². The second-order valence-electron chi connectivity index (χ2n) is 1.17. The third-order valence-corrected chi connectivity index (χ3v) is 0.437. The van der Waals surface area contributed by atoms with Crippen LogP contribution >= 0.6 is 0 Å². The van der Waals surface area contributed by atoms with Crippen LogP contribution in [0.25, 0.3) is 0 Å². The number of hydrogen-bond acceptors (Lipinski definition) is 4. The molecule has 0 rings (SSSR count). The predicted molar refractivity (Wildman–Crippen MR) is 27.4 cm³/mol. The summed E-state index contributed by atoms with van der Waals surface area (Å²) < 4.78 is 18.7. The predicted octanol–water partition coefficient (Wildman–Crippen LogP) is 1.14. The lowest BCUT2D eigenvalue weighted by Crippen LogP contribution is -1.99. The standard InChI is InChI=1S/C4H3FO6/c5-2(11-4(8)9)1-10-3(6)7/h1H,(H,6,7)(H,8,9)/b2-1+. The first-order valence-electron chi connectivity index (χ1n) is 2.18. The molecule has 0 amide bonds. The third kappa shape index (κ3) is 6.09. The minimum absolute atomic E-state index is 0.0104. The molecule has 11 heavy (non-hydrogen) atoms. The fraction of sp³-hybridized carbons (Fsp3) is 0. The minimum Gasteiger partial charge on any atom is -0.449 e. The van der Waals surface area contributed by atoms with E-state index in [2.05, 4.69) is 9.47 Å². The summed E-state index contributed by atoms with van der Waals surface area (Å²) in [6.07, 6.45) is -3.65. The molecule has 7 heteroatoms. The summed E-state index contributed by atoms with van der Waals surface area (Å²) >= 11 is 0. The van der Waals surface area contributed by atoms with Crippen molar-refractivity contribution in [3.8, 4) is 0 Å². The first-order chi connectivity index (χ1) is 5.02. The van der Waals surface area contributed by atoms with Crippen LogP contribution in [0, 0.1) is 0 Å². The van der Waals surface area contributed by atoms with Gasteiger partial charge in [0, 0.05) is 0 Å². The van der Waals surface area contributed by atoms with Crippen molar-refractivity contribution in [1.29, 1.82) is 0 Å². The minimum atomic E-state index is -1.90. The van der Waals surface area contributed by atoms with Crippen LogP contribution in [-0.4, -0.2) is 22.5 Å². The monoisotopic (exact) mass is 166 g/mol. The van der Waals surface area contributed by atoms with E-state index in [9.17, 15) is 14.0 Å². The topological polar surface area (TPSA) is 93.1 Å². The zero-order chi connectivity index (χ0) is 8.85. The van der Waals surface area contributed by atoms with E-state index in [4.69, 9.17) is 10.2 Å². The second-order valence-corrected chi connectivity index (χ2v) is 1.17. The molecular weight excluding hydrogens is 163 g/mol. The maximum Gasteiger partial charge on any atom is 0.513 e. The number of carbonyl (C=O) groups is 2. The maximum atomic E-state index is 11.9. The highest BCUT2D eigenvalue weighted by atomic mass is 19.1. The summed E-state index contributed by atoms with van der Waals surface area (Å²) in [5, 5.41) is 15.5. The number of rotatable bonds is 2. The van der Waals surface area contributed by atoms with E-state index in [1.165, 1.54) is 0 Å². The van der Waals surface area contributed by atoms with Crippen molar-refractivity contribution in [2.24, 2.45) is 0 Å². The average molecular weight is 166 g/mol. The Balaban J connectivity index is 3.81. The molecule has 0 bridgehead atoms. The maximum absolute atomic E-state index is 11.9. The van der Waals surface area contributed by atoms with E-state index in [1.807, 2.05) is 0 Å². The van der Waals surface area contributed by atoms with Crippen molar-refractivity contribution in [3.05, 3.63) is 12.3 Å². The molecule has 62 valence electrons. The SMILES string of the molecule is O=C(O)O/C=C(\F)OC(=O)O. The summed E-state index contributed by atoms with van der Waals surface area (Å²) in [6, 6.07) is -1.65. The van der Waals surface area contributed by atoms with Gasteiger partial charge >= 0.3 is 18.3 Å². The van der Waals surface area contributed by atoms with Gasteiger partial charge in [0.05, 0.1) is 0 Å². The van der Waals surface area contributed by atoms with Crippen LogP contribution in [0.5, 0.6) is 0 Å². The number of carboxylic acid groups (broad SMARTS) is 2. The van der Waals surface area contributed by atoms with Gasteiger partial charge in [0.15, 0.2) is 6.26 Å². The molecule has 0 spiro atoms. The zero-order valence-corrected chi connectivity index (χ0v) is 4.98. The lowest BCUT2D eigenvalue weighted by atomic mass is 11.0. The fourth-order valence-corrected chi connectivity index (χ4v) is 0.204. The van der Waals surface area contributed by atoms with Crippen molar-refractivity contribution < 1.29 is 33.7 Å². The molecule has 0 saturated carbocycles. The summed E-state index contributed by atoms with van der Waals surface area (Å²) in [6.45, 7) is 0. The number of ether oxygens (including phenoxy) is 2. The Morgan fingerprint density at radius 2 is 1.82 bits per heavy atom. The molecule has 0 heterocycles. The van der Waals surface area contributed by atoms with Crippen LogP contribution in [0.2, 0.25) is 0 Å². The molecule has 0 radical (unpaired) electrons. The lowest BCUT2D eigenvalue weighted by Gasteiger charge is -1.92. The highest BCUT2D eigenvalue weighted by Gasteiger charge is 2.03. The Bertz CT molecular complexity index is 197. The Morgan fingerprint density at radius 1 is 1.27 bits per heavy atom. The zero-order valence-electron chi connectivity index (χ0n) is 4.98. The first-order valence-corrected chi connectivity index (χ1v) is 2.18. The molecule has 0 fully saturated rings. The van der Waals surface area contributed by atoms with E-state index in [-0.39, 0.29) is 6.26 Å². The third-order valence-electron chi connectivity index (χ3n) is 0.437. The fourth-order valence-electron chi connectivity index (χ4n) is 0.204. The second kappa shape index (κ2) is 4.09. The van der Waals surface area contributed by atoms with Crippen molar-refractivity contribution in [1.82, 2.24) is 0 Å². The number of hydrogen-bond donors (Lipinski definition) is 2. The van der Waals surface area contributed by atoms with Gasteiger partial charge in [0.1, 0.15) is 0 Å². The van der Waals surface area contributed by atoms with Gasteiger partial charge < -0.3 is 19.7 Å². The summed E-state index contributed by atoms with van der Waals surface area (Å²) in [7, 11) is 0. The highest BCUT2D eigenvalue weighted by molar-refractivity contribution is 5.59. The van der Waals surface area contributed by atoms with Crippen LogP contribution in [0.4, 0.5) is 14.0 Å². The van der Waals surface area contributed by atoms with Crippen LogP contribution in [0.3, 0.4) is 0 Å².